The standard InChI is InChI=1S/C14H18BrFO2/c1-14(6-2-3-7-18-14)13(17)9-10-4-5-12(16)11(15)8-10/h4-5,8,13,17H,2-3,6-7,9H2,1H3. The molecular weight excluding hydrogens is 299 g/mol. The Morgan fingerprint density at radius 2 is 2.28 bits per heavy atom. The first-order valence-electron chi connectivity index (χ1n) is 6.27. The van der Waals surface area contributed by atoms with Crippen LogP contribution in [0.1, 0.15) is 31.7 Å². The number of benzene rings is 1. The van der Waals surface area contributed by atoms with Gasteiger partial charge in [0.25, 0.3) is 0 Å². The maximum absolute atomic E-state index is 13.1. The summed E-state index contributed by atoms with van der Waals surface area (Å²) in [4.78, 5) is 0. The first-order chi connectivity index (χ1) is 8.51. The molecule has 1 aromatic carbocycles. The third-order valence-corrected chi connectivity index (χ3v) is 4.22. The first-order valence-corrected chi connectivity index (χ1v) is 7.06. The number of aliphatic hydroxyl groups excluding tert-OH is 1. The van der Waals surface area contributed by atoms with E-state index in [1.54, 1.807) is 12.1 Å². The van der Waals surface area contributed by atoms with Gasteiger partial charge in [0.1, 0.15) is 5.82 Å². The fourth-order valence-corrected chi connectivity index (χ4v) is 2.75. The molecule has 1 saturated heterocycles. The molecule has 0 bridgehead atoms. The smallest absolute Gasteiger partial charge is 0.137 e. The SMILES string of the molecule is CC1(C(O)Cc2ccc(F)c(Br)c2)CCCCO1. The van der Waals surface area contributed by atoms with Gasteiger partial charge in [-0.2, -0.15) is 0 Å². The molecule has 0 radical (unpaired) electrons. The second-order valence-corrected chi connectivity index (χ2v) is 5.94. The molecule has 0 spiro atoms. The fraction of sp³-hybridized carbons (Fsp3) is 0.571. The predicted octanol–water partition coefficient (Wildman–Crippen LogP) is 3.45. The minimum absolute atomic E-state index is 0.284. The van der Waals surface area contributed by atoms with Crippen molar-refractivity contribution in [3.8, 4) is 0 Å². The Morgan fingerprint density at radius 1 is 1.50 bits per heavy atom. The van der Waals surface area contributed by atoms with Crippen molar-refractivity contribution in [1.82, 2.24) is 0 Å². The van der Waals surface area contributed by atoms with Gasteiger partial charge in [0.05, 0.1) is 16.2 Å². The van der Waals surface area contributed by atoms with Gasteiger partial charge in [-0.1, -0.05) is 6.07 Å². The summed E-state index contributed by atoms with van der Waals surface area (Å²) in [5.41, 5.74) is 0.435. The van der Waals surface area contributed by atoms with Crippen LogP contribution in [-0.4, -0.2) is 23.4 Å². The van der Waals surface area contributed by atoms with Crippen molar-refractivity contribution in [2.24, 2.45) is 0 Å². The van der Waals surface area contributed by atoms with Crippen LogP contribution in [0.2, 0.25) is 0 Å². The lowest BCUT2D eigenvalue weighted by Crippen LogP contribution is -2.45. The lowest BCUT2D eigenvalue weighted by molar-refractivity contribution is -0.135. The summed E-state index contributed by atoms with van der Waals surface area (Å²) < 4.78 is 19.3. The van der Waals surface area contributed by atoms with Crippen molar-refractivity contribution in [2.45, 2.75) is 44.3 Å². The van der Waals surface area contributed by atoms with E-state index in [1.807, 2.05) is 6.92 Å². The second-order valence-electron chi connectivity index (χ2n) is 5.09. The number of hydrogen-bond donors (Lipinski definition) is 1. The van der Waals surface area contributed by atoms with E-state index in [0.29, 0.717) is 17.5 Å². The highest BCUT2D eigenvalue weighted by molar-refractivity contribution is 9.10. The van der Waals surface area contributed by atoms with Crippen molar-refractivity contribution in [3.63, 3.8) is 0 Å². The van der Waals surface area contributed by atoms with E-state index in [0.717, 1.165) is 24.8 Å². The Balaban J connectivity index is 2.05. The van der Waals surface area contributed by atoms with Gasteiger partial charge in [0.15, 0.2) is 0 Å². The summed E-state index contributed by atoms with van der Waals surface area (Å²) >= 11 is 3.16. The van der Waals surface area contributed by atoms with Crippen LogP contribution >= 0.6 is 15.9 Å². The molecule has 0 aromatic heterocycles. The van der Waals surface area contributed by atoms with Crippen LogP contribution in [0.25, 0.3) is 0 Å². The molecular formula is C14H18BrFO2. The summed E-state index contributed by atoms with van der Waals surface area (Å²) in [6.07, 6.45) is 2.94. The van der Waals surface area contributed by atoms with E-state index < -0.39 is 11.7 Å². The Bertz CT molecular complexity index is 416. The third-order valence-electron chi connectivity index (χ3n) is 3.62. The molecule has 1 aromatic rings. The molecule has 2 rings (SSSR count). The van der Waals surface area contributed by atoms with Crippen LogP contribution in [0.5, 0.6) is 0 Å². The molecule has 0 amide bonds. The first kappa shape index (κ1) is 14.0. The van der Waals surface area contributed by atoms with Crippen LogP contribution in [-0.2, 0) is 11.2 Å². The van der Waals surface area contributed by atoms with Crippen molar-refractivity contribution < 1.29 is 14.2 Å². The fourth-order valence-electron chi connectivity index (χ4n) is 2.32. The van der Waals surface area contributed by atoms with E-state index in [-0.39, 0.29) is 5.82 Å². The van der Waals surface area contributed by atoms with Gasteiger partial charge in [-0.3, -0.25) is 0 Å². The number of rotatable bonds is 3. The molecule has 0 aliphatic carbocycles. The average Bonchev–Trinajstić information content (AvgIpc) is 2.35. The minimum atomic E-state index is -0.560. The van der Waals surface area contributed by atoms with Crippen molar-refractivity contribution in [3.05, 3.63) is 34.1 Å². The van der Waals surface area contributed by atoms with Gasteiger partial charge >= 0.3 is 0 Å². The van der Waals surface area contributed by atoms with E-state index in [1.165, 1.54) is 6.07 Å². The molecule has 100 valence electrons. The van der Waals surface area contributed by atoms with Gasteiger partial charge in [-0.05, 0) is 59.8 Å². The van der Waals surface area contributed by atoms with Gasteiger partial charge in [0.2, 0.25) is 0 Å². The highest BCUT2D eigenvalue weighted by atomic mass is 79.9. The molecule has 1 N–H and O–H groups in total. The number of halogens is 2. The highest BCUT2D eigenvalue weighted by Gasteiger charge is 2.35. The largest absolute Gasteiger partial charge is 0.390 e. The lowest BCUT2D eigenvalue weighted by Gasteiger charge is -2.38. The molecule has 1 heterocycles. The molecule has 4 heteroatoms. The van der Waals surface area contributed by atoms with E-state index in [9.17, 15) is 9.50 Å². The van der Waals surface area contributed by atoms with E-state index in [2.05, 4.69) is 15.9 Å². The Morgan fingerprint density at radius 3 is 2.89 bits per heavy atom. The normalized spacial score (nSPS) is 26.0. The summed E-state index contributed by atoms with van der Waals surface area (Å²) in [6, 6.07) is 4.83. The minimum Gasteiger partial charge on any atom is -0.390 e. The van der Waals surface area contributed by atoms with E-state index >= 15 is 0 Å². The van der Waals surface area contributed by atoms with Crippen molar-refractivity contribution in [2.75, 3.05) is 6.61 Å². The van der Waals surface area contributed by atoms with Gasteiger partial charge < -0.3 is 9.84 Å². The molecule has 1 aliphatic heterocycles. The van der Waals surface area contributed by atoms with Crippen LogP contribution in [0, 0.1) is 5.82 Å². The number of ether oxygens (including phenoxy) is 1. The Hall–Kier alpha value is -0.450. The van der Waals surface area contributed by atoms with E-state index in [4.69, 9.17) is 4.74 Å². The zero-order valence-electron chi connectivity index (χ0n) is 10.5. The molecule has 2 nitrogen and oxygen atoms in total. The average molecular weight is 317 g/mol. The highest BCUT2D eigenvalue weighted by Crippen LogP contribution is 2.30. The van der Waals surface area contributed by atoms with Crippen molar-refractivity contribution >= 4 is 15.9 Å². The van der Waals surface area contributed by atoms with Crippen LogP contribution in [0.3, 0.4) is 0 Å². The quantitative estimate of drug-likeness (QED) is 0.925. The molecule has 2 unspecified atom stereocenters. The third kappa shape index (κ3) is 3.11. The van der Waals surface area contributed by atoms with Crippen LogP contribution in [0.4, 0.5) is 4.39 Å². The summed E-state index contributed by atoms with van der Waals surface area (Å²) in [6.45, 7) is 2.66. The zero-order chi connectivity index (χ0) is 13.2. The number of hydrogen-bond acceptors (Lipinski definition) is 2. The van der Waals surface area contributed by atoms with Crippen molar-refractivity contribution in [1.29, 1.82) is 0 Å². The maximum atomic E-state index is 13.1. The molecule has 18 heavy (non-hydrogen) atoms. The van der Waals surface area contributed by atoms with Crippen LogP contribution < -0.4 is 0 Å². The molecule has 1 fully saturated rings. The summed E-state index contributed by atoms with van der Waals surface area (Å²) in [5.74, 6) is -0.284. The van der Waals surface area contributed by atoms with Crippen LogP contribution in [0.15, 0.2) is 22.7 Å². The molecule has 2 atom stereocenters. The molecule has 0 saturated carbocycles. The summed E-state index contributed by atoms with van der Waals surface area (Å²) in [7, 11) is 0. The Kier molecular flexibility index (Phi) is 4.41. The second kappa shape index (κ2) is 5.68. The van der Waals surface area contributed by atoms with Gasteiger partial charge in [-0.15, -0.1) is 0 Å². The maximum Gasteiger partial charge on any atom is 0.137 e. The van der Waals surface area contributed by atoms with Gasteiger partial charge in [0, 0.05) is 13.0 Å². The monoisotopic (exact) mass is 316 g/mol. The Labute approximate surface area is 115 Å². The van der Waals surface area contributed by atoms with Gasteiger partial charge in [-0.25, -0.2) is 4.39 Å². The zero-order valence-corrected chi connectivity index (χ0v) is 12.0. The lowest BCUT2D eigenvalue weighted by atomic mass is 9.87. The summed E-state index contributed by atoms with van der Waals surface area (Å²) in [5, 5.41) is 10.3. The molecule has 1 aliphatic rings. The predicted molar refractivity (Wildman–Crippen MR) is 72.0 cm³/mol. The number of aliphatic hydroxyl groups is 1. The topological polar surface area (TPSA) is 29.5 Å².